The number of alkyl halides is 3. The van der Waals surface area contributed by atoms with Crippen molar-refractivity contribution < 1.29 is 32.5 Å². The predicted octanol–water partition coefficient (Wildman–Crippen LogP) is 6.11. The van der Waals surface area contributed by atoms with Crippen molar-refractivity contribution >= 4 is 28.7 Å². The van der Waals surface area contributed by atoms with E-state index in [0.717, 1.165) is 11.3 Å². The van der Waals surface area contributed by atoms with Crippen LogP contribution >= 0.6 is 0 Å². The molecule has 0 saturated heterocycles. The number of methoxy groups -OCH3 is 1. The van der Waals surface area contributed by atoms with E-state index in [1.165, 1.54) is 37.4 Å². The van der Waals surface area contributed by atoms with E-state index in [1.807, 2.05) is 24.0 Å². The molecule has 0 saturated carbocycles. The predicted molar refractivity (Wildman–Crippen MR) is 116 cm³/mol. The van der Waals surface area contributed by atoms with Crippen molar-refractivity contribution in [2.24, 2.45) is 0 Å². The zero-order valence-electron chi connectivity index (χ0n) is 17.5. The molecule has 0 bridgehead atoms. The van der Waals surface area contributed by atoms with Gasteiger partial charge in [0.15, 0.2) is 0 Å². The smallest absolute Gasteiger partial charge is 0.497 e. The molecular formula is C23H21F3N2O4. The zero-order valence-corrected chi connectivity index (χ0v) is 17.5. The molecule has 0 aliphatic heterocycles. The molecule has 0 unspecified atom stereocenters. The third-order valence-corrected chi connectivity index (χ3v) is 4.78. The number of aryl methyl sites for hydroxylation is 1. The fourth-order valence-corrected chi connectivity index (χ4v) is 3.10. The minimum Gasteiger partial charge on any atom is -0.497 e. The van der Waals surface area contributed by atoms with Gasteiger partial charge in [0.1, 0.15) is 11.5 Å². The Balaban J connectivity index is 1.80. The molecular weight excluding hydrogens is 425 g/mol. The van der Waals surface area contributed by atoms with E-state index in [2.05, 4.69) is 10.1 Å². The van der Waals surface area contributed by atoms with Crippen LogP contribution in [-0.4, -0.2) is 31.6 Å². The van der Waals surface area contributed by atoms with Gasteiger partial charge in [0.2, 0.25) is 0 Å². The monoisotopic (exact) mass is 446 g/mol. The highest BCUT2D eigenvalue weighted by Gasteiger charge is 2.31. The number of halogens is 3. The molecule has 168 valence electrons. The van der Waals surface area contributed by atoms with E-state index in [4.69, 9.17) is 4.74 Å². The maximum atomic E-state index is 12.3. The second-order valence-electron chi connectivity index (χ2n) is 6.94. The van der Waals surface area contributed by atoms with Crippen LogP contribution < -0.4 is 19.7 Å². The first-order chi connectivity index (χ1) is 15.1. The van der Waals surface area contributed by atoms with E-state index in [9.17, 15) is 23.1 Å². The molecule has 3 aromatic rings. The van der Waals surface area contributed by atoms with Crippen LogP contribution in [0.15, 0.2) is 60.7 Å². The molecule has 0 aliphatic carbocycles. The summed E-state index contributed by atoms with van der Waals surface area (Å²) >= 11 is 0. The fraction of sp³-hybridized carbons (Fsp3) is 0.174. The van der Waals surface area contributed by atoms with E-state index < -0.39 is 12.3 Å². The van der Waals surface area contributed by atoms with Crippen molar-refractivity contribution in [2.45, 2.75) is 13.3 Å². The van der Waals surface area contributed by atoms with E-state index >= 15 is 0 Å². The number of ether oxygens (including phenoxy) is 2. The lowest BCUT2D eigenvalue weighted by molar-refractivity contribution is -0.274. The zero-order chi connectivity index (χ0) is 23.5. The standard InChI is InChI=1S/C23H21F3N2O4/c1-14-12-16(28(2)15-4-7-17(8-5-15)32-23(24,25)26)6-10-20(14)27-21-11-9-18(31-3)13-19(21)22(29)30/h4-13,27H,1-3H3,(H,29,30). The largest absolute Gasteiger partial charge is 0.573 e. The minimum absolute atomic E-state index is 0.0751. The molecule has 3 rings (SSSR count). The van der Waals surface area contributed by atoms with Gasteiger partial charge in [-0.3, -0.25) is 0 Å². The number of benzene rings is 3. The Morgan fingerprint density at radius 1 is 0.938 bits per heavy atom. The van der Waals surface area contributed by atoms with Gasteiger partial charge < -0.3 is 24.8 Å². The number of anilines is 4. The van der Waals surface area contributed by atoms with Crippen LogP contribution in [0.3, 0.4) is 0 Å². The van der Waals surface area contributed by atoms with Gasteiger partial charge >= 0.3 is 12.3 Å². The SMILES string of the molecule is COc1ccc(Nc2ccc(N(C)c3ccc(OC(F)(F)F)cc3)cc2C)c(C(=O)O)c1. The summed E-state index contributed by atoms with van der Waals surface area (Å²) in [5.41, 5.74) is 3.52. The minimum atomic E-state index is -4.74. The fourth-order valence-electron chi connectivity index (χ4n) is 3.10. The highest BCUT2D eigenvalue weighted by atomic mass is 19.4. The van der Waals surface area contributed by atoms with Crippen LogP contribution in [-0.2, 0) is 0 Å². The summed E-state index contributed by atoms with van der Waals surface area (Å²) in [4.78, 5) is 13.4. The number of aromatic carboxylic acids is 1. The molecule has 0 fully saturated rings. The van der Waals surface area contributed by atoms with Crippen molar-refractivity contribution in [3.05, 3.63) is 71.8 Å². The van der Waals surface area contributed by atoms with Crippen LogP contribution in [0.25, 0.3) is 0 Å². The lowest BCUT2D eigenvalue weighted by Gasteiger charge is -2.22. The van der Waals surface area contributed by atoms with Gasteiger partial charge in [0.05, 0.1) is 18.4 Å². The maximum absolute atomic E-state index is 12.3. The summed E-state index contributed by atoms with van der Waals surface area (Å²) in [6.07, 6.45) is -4.74. The molecule has 0 atom stereocenters. The summed E-state index contributed by atoms with van der Waals surface area (Å²) in [6, 6.07) is 15.8. The number of nitrogens with one attached hydrogen (secondary N) is 1. The first kappa shape index (κ1) is 22.8. The number of rotatable bonds is 7. The topological polar surface area (TPSA) is 71.0 Å². The number of carboxylic acids is 1. The highest BCUT2D eigenvalue weighted by Crippen LogP contribution is 2.32. The second-order valence-corrected chi connectivity index (χ2v) is 6.94. The number of carboxylic acid groups (broad SMARTS) is 1. The molecule has 0 spiro atoms. The molecule has 6 nitrogen and oxygen atoms in total. The summed E-state index contributed by atoms with van der Waals surface area (Å²) in [6.45, 7) is 1.86. The molecule has 0 radical (unpaired) electrons. The summed E-state index contributed by atoms with van der Waals surface area (Å²) in [5, 5.41) is 12.6. The van der Waals surface area contributed by atoms with Gasteiger partial charge in [0, 0.05) is 24.1 Å². The summed E-state index contributed by atoms with van der Waals surface area (Å²) < 4.78 is 46.0. The lowest BCUT2D eigenvalue weighted by Crippen LogP contribution is -2.17. The van der Waals surface area contributed by atoms with Gasteiger partial charge in [-0.05, 0) is 73.2 Å². The van der Waals surface area contributed by atoms with Crippen molar-refractivity contribution in [3.63, 3.8) is 0 Å². The number of hydrogen-bond donors (Lipinski definition) is 2. The molecule has 0 amide bonds. The molecule has 3 aromatic carbocycles. The summed E-state index contributed by atoms with van der Waals surface area (Å²) in [7, 11) is 3.25. The summed E-state index contributed by atoms with van der Waals surface area (Å²) in [5.74, 6) is -0.939. The average Bonchev–Trinajstić information content (AvgIpc) is 2.74. The van der Waals surface area contributed by atoms with Crippen LogP contribution in [0.5, 0.6) is 11.5 Å². The Bertz CT molecular complexity index is 1120. The Morgan fingerprint density at radius 3 is 2.09 bits per heavy atom. The maximum Gasteiger partial charge on any atom is 0.573 e. The van der Waals surface area contributed by atoms with Crippen LogP contribution in [0.2, 0.25) is 0 Å². The third kappa shape index (κ3) is 5.42. The van der Waals surface area contributed by atoms with E-state index in [-0.39, 0.29) is 11.3 Å². The number of hydrogen-bond acceptors (Lipinski definition) is 5. The molecule has 0 heterocycles. The quantitative estimate of drug-likeness (QED) is 0.456. The van der Waals surface area contributed by atoms with Gasteiger partial charge in [0.25, 0.3) is 0 Å². The van der Waals surface area contributed by atoms with Crippen molar-refractivity contribution in [2.75, 3.05) is 24.4 Å². The number of nitrogens with zero attached hydrogens (tertiary/aromatic N) is 1. The molecule has 2 N–H and O–H groups in total. The van der Waals surface area contributed by atoms with Gasteiger partial charge in [-0.1, -0.05) is 0 Å². The Hall–Kier alpha value is -3.88. The third-order valence-electron chi connectivity index (χ3n) is 4.78. The van der Waals surface area contributed by atoms with Crippen LogP contribution in [0.1, 0.15) is 15.9 Å². The van der Waals surface area contributed by atoms with E-state index in [0.29, 0.717) is 22.8 Å². The van der Waals surface area contributed by atoms with Gasteiger partial charge in [-0.25, -0.2) is 4.79 Å². The highest BCUT2D eigenvalue weighted by molar-refractivity contribution is 5.96. The average molecular weight is 446 g/mol. The molecule has 32 heavy (non-hydrogen) atoms. The molecule has 0 aromatic heterocycles. The Labute approximate surface area is 182 Å². The first-order valence-corrected chi connectivity index (χ1v) is 9.46. The van der Waals surface area contributed by atoms with Crippen molar-refractivity contribution in [3.8, 4) is 11.5 Å². The van der Waals surface area contributed by atoms with Crippen molar-refractivity contribution in [1.82, 2.24) is 0 Å². The molecule has 0 aliphatic rings. The van der Waals surface area contributed by atoms with Crippen molar-refractivity contribution in [1.29, 1.82) is 0 Å². The first-order valence-electron chi connectivity index (χ1n) is 9.46. The normalized spacial score (nSPS) is 11.1. The Morgan fingerprint density at radius 2 is 1.53 bits per heavy atom. The second kappa shape index (κ2) is 9.09. The van der Waals surface area contributed by atoms with Crippen LogP contribution in [0, 0.1) is 6.92 Å². The van der Waals surface area contributed by atoms with Gasteiger partial charge in [-0.15, -0.1) is 13.2 Å². The molecule has 9 heteroatoms. The van der Waals surface area contributed by atoms with Crippen LogP contribution in [0.4, 0.5) is 35.9 Å². The van der Waals surface area contributed by atoms with Gasteiger partial charge in [-0.2, -0.15) is 0 Å². The number of carbonyl (C=O) groups is 1. The Kier molecular flexibility index (Phi) is 6.47. The lowest BCUT2D eigenvalue weighted by atomic mass is 10.1. The van der Waals surface area contributed by atoms with E-state index in [1.54, 1.807) is 25.2 Å².